The van der Waals surface area contributed by atoms with Crippen molar-refractivity contribution in [3.63, 3.8) is 0 Å². The van der Waals surface area contributed by atoms with Crippen molar-refractivity contribution >= 4 is 47.0 Å². The number of ether oxygens (including phenoxy) is 2. The maximum absolute atomic E-state index is 13.7. The summed E-state index contributed by atoms with van der Waals surface area (Å²) in [7, 11) is 0. The zero-order valence-corrected chi connectivity index (χ0v) is 23.7. The second-order valence-electron chi connectivity index (χ2n) is 9.38. The van der Waals surface area contributed by atoms with E-state index >= 15 is 0 Å². The molecule has 1 aromatic carbocycles. The van der Waals surface area contributed by atoms with Crippen LogP contribution in [0.1, 0.15) is 18.9 Å². The number of aliphatic hydroxyl groups is 3. The SMILES string of the molecule is CSC1O[C@H]([C@H](NC(=O)[C@H]2NC[C@@H]3C=C(c4cccc(F)c4)CCO[C@@H]23)[C@H](C)Cl)C(O)[C@@H](O)[C@H]1O.CSF. The number of carbonyl (C=O) groups is 1. The van der Waals surface area contributed by atoms with E-state index in [9.17, 15) is 28.4 Å². The van der Waals surface area contributed by atoms with E-state index in [-0.39, 0.29) is 29.8 Å². The minimum absolute atomic E-state index is 0.0900. The van der Waals surface area contributed by atoms with Crippen LogP contribution in [0.5, 0.6) is 0 Å². The van der Waals surface area contributed by atoms with Gasteiger partial charge in [-0.15, -0.1) is 23.4 Å². The minimum atomic E-state index is -1.44. The van der Waals surface area contributed by atoms with Gasteiger partial charge in [0, 0.05) is 30.9 Å². The molecule has 2 fully saturated rings. The monoisotopic (exact) mass is 596 g/mol. The van der Waals surface area contributed by atoms with Crippen molar-refractivity contribution in [2.45, 2.75) is 66.8 Å². The van der Waals surface area contributed by atoms with E-state index in [0.717, 1.165) is 11.1 Å². The van der Waals surface area contributed by atoms with Crippen LogP contribution in [0.25, 0.3) is 5.57 Å². The van der Waals surface area contributed by atoms with Crippen molar-refractivity contribution in [3.05, 3.63) is 41.7 Å². The fraction of sp³-hybridized carbons (Fsp3) is 0.640. The number of hydrogen-bond acceptors (Lipinski definition) is 9. The van der Waals surface area contributed by atoms with Crippen LogP contribution < -0.4 is 10.6 Å². The van der Waals surface area contributed by atoms with E-state index in [0.29, 0.717) is 19.6 Å². The quantitative estimate of drug-likeness (QED) is 0.315. The van der Waals surface area contributed by atoms with Crippen LogP contribution in [-0.4, -0.2) is 100 Å². The lowest BCUT2D eigenvalue weighted by atomic mass is 9.92. The number of nitrogens with one attached hydrogen (secondary N) is 2. The summed E-state index contributed by atoms with van der Waals surface area (Å²) in [5.41, 5.74) is 0.992. The Morgan fingerprint density at radius 2 is 1.95 bits per heavy atom. The third-order valence-corrected chi connectivity index (χ3v) is 8.02. The van der Waals surface area contributed by atoms with Crippen LogP contribution in [0.15, 0.2) is 30.3 Å². The van der Waals surface area contributed by atoms with Gasteiger partial charge in [0.25, 0.3) is 0 Å². The van der Waals surface area contributed by atoms with Crippen molar-refractivity contribution in [1.29, 1.82) is 0 Å². The smallest absolute Gasteiger partial charge is 0.240 e. The number of benzene rings is 1. The van der Waals surface area contributed by atoms with Crippen molar-refractivity contribution < 1.29 is 37.9 Å². The normalized spacial score (nSPS) is 34.6. The number of hydrogen-bond donors (Lipinski definition) is 5. The molecule has 0 spiro atoms. The summed E-state index contributed by atoms with van der Waals surface area (Å²) < 4.78 is 35.8. The topological polar surface area (TPSA) is 120 Å². The predicted molar refractivity (Wildman–Crippen MR) is 146 cm³/mol. The highest BCUT2D eigenvalue weighted by Crippen LogP contribution is 2.32. The van der Waals surface area contributed by atoms with Crippen LogP contribution in [0, 0.1) is 11.7 Å². The van der Waals surface area contributed by atoms with E-state index in [4.69, 9.17) is 21.1 Å². The number of rotatable bonds is 6. The molecule has 1 aromatic rings. The van der Waals surface area contributed by atoms with Crippen LogP contribution in [-0.2, 0) is 14.3 Å². The van der Waals surface area contributed by atoms with Crippen molar-refractivity contribution in [1.82, 2.24) is 10.6 Å². The molecule has 0 aromatic heterocycles. The van der Waals surface area contributed by atoms with E-state index in [1.54, 1.807) is 19.2 Å². The second-order valence-corrected chi connectivity index (χ2v) is 11.3. The van der Waals surface area contributed by atoms with E-state index in [1.807, 2.05) is 12.1 Å². The van der Waals surface area contributed by atoms with Gasteiger partial charge >= 0.3 is 0 Å². The summed E-state index contributed by atoms with van der Waals surface area (Å²) >= 11 is 7.82. The average molecular weight is 597 g/mol. The maximum atomic E-state index is 13.7. The highest BCUT2D eigenvalue weighted by atomic mass is 35.5. The van der Waals surface area contributed by atoms with Crippen molar-refractivity contribution in [2.75, 3.05) is 25.7 Å². The predicted octanol–water partition coefficient (Wildman–Crippen LogP) is 2.10. The summed E-state index contributed by atoms with van der Waals surface area (Å²) in [4.78, 5) is 13.3. The molecule has 10 atom stereocenters. The molecular formula is C25H35ClF2N2O6S2. The standard InChI is InChI=1S/C24H32ClFN2O6S.CH3FS/c1-11(25)16(22-19(30)18(29)20(31)24(34-22)35-2)28-23(32)17-21-14(10-27-17)8-13(6-7-33-21)12-4-3-5-15(26)9-12;1-3-2/h3-5,8-9,11,14,16-22,24,27,29-31H,6-7,10H2,1-2H3,(H,28,32);1H3/t11-,14-,16+,17-,18+,19?,20+,21+,22+,24?;/m0./s1. The number of amides is 1. The lowest BCUT2D eigenvalue weighted by Crippen LogP contribution is -2.65. The molecule has 13 heteroatoms. The van der Waals surface area contributed by atoms with Gasteiger partial charge in [-0.2, -0.15) is 3.89 Å². The molecule has 0 aliphatic carbocycles. The Kier molecular flexibility index (Phi) is 12.1. The Hall–Kier alpha value is -0.960. The molecule has 5 N–H and O–H groups in total. The van der Waals surface area contributed by atoms with Gasteiger partial charge in [0.05, 0.1) is 24.1 Å². The van der Waals surface area contributed by atoms with Gasteiger partial charge in [-0.05, 0) is 42.9 Å². The molecule has 4 rings (SSSR count). The largest absolute Gasteiger partial charge is 0.388 e. The average Bonchev–Trinajstić information content (AvgIpc) is 3.16. The van der Waals surface area contributed by atoms with Gasteiger partial charge in [-0.3, -0.25) is 4.79 Å². The molecule has 1 amide bonds. The Morgan fingerprint density at radius 3 is 2.58 bits per heavy atom. The highest BCUT2D eigenvalue weighted by Gasteiger charge is 2.49. The molecule has 3 aliphatic rings. The maximum Gasteiger partial charge on any atom is 0.240 e. The van der Waals surface area contributed by atoms with Crippen LogP contribution in [0.4, 0.5) is 8.28 Å². The minimum Gasteiger partial charge on any atom is -0.388 e. The lowest BCUT2D eigenvalue weighted by molar-refractivity contribution is -0.205. The van der Waals surface area contributed by atoms with E-state index in [1.165, 1.54) is 30.2 Å². The molecule has 38 heavy (non-hydrogen) atoms. The van der Waals surface area contributed by atoms with Gasteiger partial charge in [0.15, 0.2) is 0 Å². The lowest BCUT2D eigenvalue weighted by Gasteiger charge is -2.44. The fourth-order valence-electron chi connectivity index (χ4n) is 5.01. The molecule has 8 nitrogen and oxygen atoms in total. The molecule has 214 valence electrons. The number of halogens is 3. The van der Waals surface area contributed by atoms with Crippen molar-refractivity contribution in [3.8, 4) is 0 Å². The Balaban J connectivity index is 0.00000127. The Bertz CT molecular complexity index is 962. The third kappa shape index (κ3) is 7.41. The molecule has 2 unspecified atom stereocenters. The highest BCUT2D eigenvalue weighted by molar-refractivity contribution is 7.99. The number of alkyl halides is 1. The van der Waals surface area contributed by atoms with Crippen LogP contribution in [0.3, 0.4) is 0 Å². The third-order valence-electron chi connectivity index (χ3n) is 6.90. The molecule has 3 aliphatic heterocycles. The summed E-state index contributed by atoms with van der Waals surface area (Å²) in [6, 6.07) is 4.92. The van der Waals surface area contributed by atoms with Gasteiger partial charge < -0.3 is 35.4 Å². The van der Waals surface area contributed by atoms with E-state index < -0.39 is 53.4 Å². The molecule has 2 saturated heterocycles. The first-order chi connectivity index (χ1) is 18.1. The first-order valence-electron chi connectivity index (χ1n) is 12.3. The molecule has 0 radical (unpaired) electrons. The van der Waals surface area contributed by atoms with Gasteiger partial charge in [0.1, 0.15) is 41.7 Å². The van der Waals surface area contributed by atoms with Crippen LogP contribution in [0.2, 0.25) is 0 Å². The summed E-state index contributed by atoms with van der Waals surface area (Å²) in [6.45, 7) is 2.55. The summed E-state index contributed by atoms with van der Waals surface area (Å²) in [5.74, 6) is -0.760. The molecule has 0 saturated carbocycles. The zero-order valence-electron chi connectivity index (χ0n) is 21.3. The summed E-state index contributed by atoms with van der Waals surface area (Å²) in [5, 5.41) is 36.5. The first kappa shape index (κ1) is 31.6. The molecule has 3 heterocycles. The zero-order chi connectivity index (χ0) is 28.0. The van der Waals surface area contributed by atoms with Crippen LogP contribution >= 0.6 is 35.5 Å². The fourth-order valence-corrected chi connectivity index (χ4v) is 5.90. The Morgan fingerprint density at radius 1 is 1.24 bits per heavy atom. The molecular weight excluding hydrogens is 562 g/mol. The summed E-state index contributed by atoms with van der Waals surface area (Å²) in [6.07, 6.45) is 0.138. The molecule has 0 bridgehead atoms. The number of fused-ring (bicyclic) bond motifs is 1. The van der Waals surface area contributed by atoms with Gasteiger partial charge in [-0.25, -0.2) is 4.39 Å². The van der Waals surface area contributed by atoms with E-state index in [2.05, 4.69) is 10.6 Å². The first-order valence-corrected chi connectivity index (χ1v) is 15.1. The number of thioether (sulfide) groups is 1. The van der Waals surface area contributed by atoms with Gasteiger partial charge in [-0.1, -0.05) is 18.2 Å². The second kappa shape index (κ2) is 14.6. The van der Waals surface area contributed by atoms with Gasteiger partial charge in [0.2, 0.25) is 5.91 Å². The number of carbonyl (C=O) groups excluding carboxylic acids is 1. The number of aliphatic hydroxyl groups excluding tert-OH is 3. The van der Waals surface area contributed by atoms with Crippen molar-refractivity contribution in [2.24, 2.45) is 5.92 Å². The Labute approximate surface area is 235 Å².